The molecule has 0 N–H and O–H groups in total. The summed E-state index contributed by atoms with van der Waals surface area (Å²) in [5.41, 5.74) is 4.93. The van der Waals surface area contributed by atoms with Crippen molar-refractivity contribution in [2.75, 3.05) is 6.54 Å². The van der Waals surface area contributed by atoms with E-state index in [1.807, 2.05) is 54.7 Å². The fourth-order valence-electron chi connectivity index (χ4n) is 10.8. The zero-order chi connectivity index (χ0) is 28.8. The Hall–Kier alpha value is -1.81. The number of piperidine rings is 1. The van der Waals surface area contributed by atoms with Gasteiger partial charge < -0.3 is 14.4 Å². The predicted molar refractivity (Wildman–Crippen MR) is 165 cm³/mol. The smallest absolute Gasteiger partial charge is 0.410 e. The van der Waals surface area contributed by atoms with E-state index in [1.54, 1.807) is 5.57 Å². The highest BCUT2D eigenvalue weighted by molar-refractivity contribution is 5.68. The molecule has 9 unspecified atom stereocenters. The zero-order valence-corrected chi connectivity index (χ0v) is 26.5. The molecule has 6 aliphatic rings. The van der Waals surface area contributed by atoms with Gasteiger partial charge in [-0.2, -0.15) is 0 Å². The molecule has 1 spiro atoms. The second-order valence-corrected chi connectivity index (χ2v) is 14.5. The summed E-state index contributed by atoms with van der Waals surface area (Å²) in [6.07, 6.45) is 15.6. The van der Waals surface area contributed by atoms with E-state index < -0.39 is 0 Å². The predicted octanol–water partition coefficient (Wildman–Crippen LogP) is 9.33. The van der Waals surface area contributed by atoms with Crippen molar-refractivity contribution >= 4 is 6.09 Å². The number of carbonyl (C=O) groups is 1. The zero-order valence-electron chi connectivity index (χ0n) is 26.5. The van der Waals surface area contributed by atoms with Crippen LogP contribution in [0.25, 0.3) is 0 Å². The van der Waals surface area contributed by atoms with Crippen LogP contribution in [0.15, 0.2) is 41.5 Å². The summed E-state index contributed by atoms with van der Waals surface area (Å²) in [5, 5.41) is 0. The Morgan fingerprint density at radius 3 is 2.63 bits per heavy atom. The van der Waals surface area contributed by atoms with Crippen LogP contribution in [0.3, 0.4) is 0 Å². The van der Waals surface area contributed by atoms with E-state index in [1.165, 1.54) is 51.4 Å². The highest BCUT2D eigenvalue weighted by Crippen LogP contribution is 2.65. The molecule has 3 saturated carbocycles. The molecule has 4 aliphatic carbocycles. The fraction of sp³-hybridized carbons (Fsp3) is 0.757. The third-order valence-corrected chi connectivity index (χ3v) is 12.9. The maximum absolute atomic E-state index is 13.4. The van der Waals surface area contributed by atoms with Gasteiger partial charge in [-0.05, 0) is 106 Å². The van der Waals surface area contributed by atoms with E-state index >= 15 is 0 Å². The van der Waals surface area contributed by atoms with Gasteiger partial charge in [-0.3, -0.25) is 0 Å². The Morgan fingerprint density at radius 2 is 1.83 bits per heavy atom. The van der Waals surface area contributed by atoms with Crippen molar-refractivity contribution in [3.8, 4) is 0 Å². The van der Waals surface area contributed by atoms with Gasteiger partial charge in [0.2, 0.25) is 0 Å². The van der Waals surface area contributed by atoms with Gasteiger partial charge in [-0.15, -0.1) is 0 Å². The Balaban J connectivity index is 0.00000148. The standard InChI is InChI=1S/C35H49NO3.C2H6/c1-23-21-35(18-16-27-28-15-14-26-12-7-8-17-34(26,3)30(28)20-29(23)27)24(2)32-31(39-35)13-9-19-36(32)33(37)38-22-25-10-5-4-6-11-25;1-2/h4-6,10-11,24,26-28,30-32H,7-9,12-22H2,1-3H3;1-2H3. The molecule has 0 radical (unpaired) electrons. The van der Waals surface area contributed by atoms with E-state index in [0.717, 1.165) is 61.5 Å². The number of amides is 1. The molecule has 2 saturated heterocycles. The minimum Gasteiger partial charge on any atom is -0.445 e. The van der Waals surface area contributed by atoms with Gasteiger partial charge in [0.25, 0.3) is 0 Å². The van der Waals surface area contributed by atoms with Crippen molar-refractivity contribution in [3.63, 3.8) is 0 Å². The van der Waals surface area contributed by atoms with E-state index in [0.29, 0.717) is 17.9 Å². The highest BCUT2D eigenvalue weighted by atomic mass is 16.6. The molecule has 226 valence electrons. The molecule has 4 heteroatoms. The molecular weight excluding hydrogens is 506 g/mol. The molecule has 5 fully saturated rings. The second-order valence-electron chi connectivity index (χ2n) is 14.5. The number of rotatable bonds is 2. The minimum absolute atomic E-state index is 0.127. The number of carbonyl (C=O) groups excluding carboxylic acids is 1. The molecule has 9 atom stereocenters. The molecule has 1 amide bonds. The Kier molecular flexibility index (Phi) is 8.35. The first-order valence-corrected chi connectivity index (χ1v) is 17.2. The van der Waals surface area contributed by atoms with Crippen LogP contribution in [-0.2, 0) is 16.1 Å². The van der Waals surface area contributed by atoms with Crippen LogP contribution in [0, 0.1) is 35.0 Å². The maximum atomic E-state index is 13.4. The van der Waals surface area contributed by atoms with Crippen molar-refractivity contribution in [2.24, 2.45) is 35.0 Å². The molecule has 1 aromatic rings. The molecule has 7 rings (SSSR count). The first kappa shape index (κ1) is 29.3. The van der Waals surface area contributed by atoms with Gasteiger partial charge in [-0.25, -0.2) is 4.79 Å². The number of nitrogens with zero attached hydrogens (tertiary/aromatic N) is 1. The average Bonchev–Trinajstić information content (AvgIpc) is 3.47. The monoisotopic (exact) mass is 561 g/mol. The SMILES string of the molecule is CC.CC1=C2CC3C(CCC4CCCCC43C)C2CCC2(C1)OC1CCCN(C(=O)OCc3ccccc3)C1C2C. The van der Waals surface area contributed by atoms with Crippen LogP contribution in [0.4, 0.5) is 4.79 Å². The van der Waals surface area contributed by atoms with Gasteiger partial charge in [0, 0.05) is 12.5 Å². The third-order valence-electron chi connectivity index (χ3n) is 12.9. The number of fused-ring (bicyclic) bond motifs is 6. The normalized spacial score (nSPS) is 41.4. The number of allylic oxidation sites excluding steroid dienone is 1. The lowest BCUT2D eigenvalue weighted by Gasteiger charge is -2.52. The second kappa shape index (κ2) is 11.7. The van der Waals surface area contributed by atoms with Crippen molar-refractivity contribution in [3.05, 3.63) is 47.0 Å². The maximum Gasteiger partial charge on any atom is 0.410 e. The number of hydrogen-bond acceptors (Lipinski definition) is 3. The quantitative estimate of drug-likeness (QED) is 0.338. The topological polar surface area (TPSA) is 38.8 Å². The van der Waals surface area contributed by atoms with Crippen molar-refractivity contribution in [2.45, 2.75) is 136 Å². The van der Waals surface area contributed by atoms with Crippen LogP contribution in [0.1, 0.15) is 117 Å². The first-order valence-electron chi connectivity index (χ1n) is 17.2. The van der Waals surface area contributed by atoms with Gasteiger partial charge >= 0.3 is 6.09 Å². The van der Waals surface area contributed by atoms with Crippen LogP contribution < -0.4 is 0 Å². The molecular formula is C37H55NO3. The van der Waals surface area contributed by atoms with Gasteiger partial charge in [0.15, 0.2) is 0 Å². The number of hydrogen-bond donors (Lipinski definition) is 0. The van der Waals surface area contributed by atoms with Crippen LogP contribution in [0.2, 0.25) is 0 Å². The lowest BCUT2D eigenvalue weighted by atomic mass is 9.52. The molecule has 41 heavy (non-hydrogen) atoms. The summed E-state index contributed by atoms with van der Waals surface area (Å²) in [5.74, 6) is 3.84. The lowest BCUT2D eigenvalue weighted by Crippen LogP contribution is -2.52. The van der Waals surface area contributed by atoms with Crippen molar-refractivity contribution < 1.29 is 14.3 Å². The molecule has 0 bridgehead atoms. The van der Waals surface area contributed by atoms with Crippen LogP contribution in [0.5, 0.6) is 0 Å². The lowest BCUT2D eigenvalue weighted by molar-refractivity contribution is -0.0746. The van der Waals surface area contributed by atoms with E-state index in [2.05, 4.69) is 20.8 Å². The summed E-state index contributed by atoms with van der Waals surface area (Å²) >= 11 is 0. The van der Waals surface area contributed by atoms with Crippen LogP contribution in [-0.4, -0.2) is 35.3 Å². The van der Waals surface area contributed by atoms with E-state index in [4.69, 9.17) is 9.47 Å². The summed E-state index contributed by atoms with van der Waals surface area (Å²) in [6.45, 7) is 12.6. The Bertz CT molecular complexity index is 1110. The summed E-state index contributed by atoms with van der Waals surface area (Å²) in [7, 11) is 0. The van der Waals surface area contributed by atoms with Gasteiger partial charge in [0.05, 0.1) is 17.7 Å². The molecule has 2 aliphatic heterocycles. The van der Waals surface area contributed by atoms with Gasteiger partial charge in [0.1, 0.15) is 6.61 Å². The van der Waals surface area contributed by atoms with Crippen LogP contribution >= 0.6 is 0 Å². The third kappa shape index (κ3) is 4.98. The summed E-state index contributed by atoms with van der Waals surface area (Å²) in [4.78, 5) is 15.4. The highest BCUT2D eigenvalue weighted by Gasteiger charge is 2.60. The summed E-state index contributed by atoms with van der Waals surface area (Å²) < 4.78 is 13.0. The average molecular weight is 562 g/mol. The van der Waals surface area contributed by atoms with Crippen molar-refractivity contribution in [1.82, 2.24) is 4.90 Å². The summed E-state index contributed by atoms with van der Waals surface area (Å²) in [6, 6.07) is 10.2. The Morgan fingerprint density at radius 1 is 1.02 bits per heavy atom. The minimum atomic E-state index is -0.165. The number of ether oxygens (including phenoxy) is 2. The fourth-order valence-corrected chi connectivity index (χ4v) is 10.8. The van der Waals surface area contributed by atoms with Gasteiger partial charge in [-0.1, -0.05) is 82.0 Å². The first-order chi connectivity index (χ1) is 19.9. The number of benzene rings is 1. The molecule has 0 aromatic heterocycles. The molecule has 4 nitrogen and oxygen atoms in total. The molecule has 2 heterocycles. The molecule has 1 aromatic carbocycles. The largest absolute Gasteiger partial charge is 0.445 e. The van der Waals surface area contributed by atoms with E-state index in [-0.39, 0.29) is 23.8 Å². The van der Waals surface area contributed by atoms with E-state index in [9.17, 15) is 4.79 Å². The number of likely N-dealkylation sites (tertiary alicyclic amines) is 1. The Labute approximate surface area is 249 Å². The van der Waals surface area contributed by atoms with Crippen molar-refractivity contribution in [1.29, 1.82) is 0 Å².